The third-order valence-electron chi connectivity index (χ3n) is 5.64. The van der Waals surface area contributed by atoms with Gasteiger partial charge in [0.25, 0.3) is 5.91 Å². The van der Waals surface area contributed by atoms with Crippen LogP contribution in [0, 0.1) is 17.5 Å². The topological polar surface area (TPSA) is 95.1 Å². The van der Waals surface area contributed by atoms with Gasteiger partial charge in [-0.3, -0.25) is 9.10 Å². The minimum Gasteiger partial charge on any atom is -0.336 e. The Labute approximate surface area is 189 Å². The molecule has 8 nitrogen and oxygen atoms in total. The third-order valence-corrected chi connectivity index (χ3v) is 9.43. The van der Waals surface area contributed by atoms with Crippen LogP contribution in [0.25, 0.3) is 0 Å². The molecule has 0 aliphatic carbocycles. The van der Waals surface area contributed by atoms with Crippen LogP contribution >= 0.6 is 0 Å². The second kappa shape index (κ2) is 8.61. The molecule has 4 rings (SSSR count). The van der Waals surface area contributed by atoms with Crippen molar-refractivity contribution >= 4 is 31.6 Å². The number of piperazine rings is 1. The maximum absolute atomic E-state index is 14.0. The number of benzene rings is 2. The molecule has 0 spiro atoms. The van der Waals surface area contributed by atoms with Gasteiger partial charge in [0.05, 0.1) is 11.4 Å². The Bertz CT molecular complexity index is 1290. The van der Waals surface area contributed by atoms with E-state index in [1.165, 1.54) is 21.3 Å². The van der Waals surface area contributed by atoms with Gasteiger partial charge in [0, 0.05) is 38.3 Å². The smallest absolute Gasteiger partial charge is 0.253 e. The lowest BCUT2D eigenvalue weighted by molar-refractivity contribution is 0.0697. The number of halogens is 3. The van der Waals surface area contributed by atoms with Crippen molar-refractivity contribution in [3.05, 3.63) is 59.4 Å². The van der Waals surface area contributed by atoms with Gasteiger partial charge in [-0.2, -0.15) is 4.31 Å². The van der Waals surface area contributed by atoms with Crippen molar-refractivity contribution in [2.24, 2.45) is 0 Å². The lowest BCUT2D eigenvalue weighted by atomic mass is 10.1. The molecule has 0 unspecified atom stereocenters. The molecule has 0 aromatic heterocycles. The number of carbonyl (C=O) groups excluding carboxylic acids is 1. The van der Waals surface area contributed by atoms with Gasteiger partial charge in [-0.1, -0.05) is 0 Å². The van der Waals surface area contributed by atoms with Crippen LogP contribution in [0.2, 0.25) is 0 Å². The Morgan fingerprint density at radius 1 is 0.848 bits per heavy atom. The van der Waals surface area contributed by atoms with Crippen LogP contribution in [0.1, 0.15) is 16.8 Å². The predicted molar refractivity (Wildman–Crippen MR) is 113 cm³/mol. The van der Waals surface area contributed by atoms with E-state index >= 15 is 0 Å². The predicted octanol–water partition coefficient (Wildman–Crippen LogP) is 1.79. The summed E-state index contributed by atoms with van der Waals surface area (Å²) in [6, 6.07) is 7.31. The molecule has 2 heterocycles. The molecule has 13 heteroatoms. The molecule has 33 heavy (non-hydrogen) atoms. The summed E-state index contributed by atoms with van der Waals surface area (Å²) in [4.78, 5) is 13.2. The maximum atomic E-state index is 14.0. The van der Waals surface area contributed by atoms with Crippen molar-refractivity contribution in [1.29, 1.82) is 0 Å². The van der Waals surface area contributed by atoms with Crippen LogP contribution in [-0.4, -0.2) is 70.4 Å². The molecule has 1 amide bonds. The van der Waals surface area contributed by atoms with Crippen molar-refractivity contribution in [1.82, 2.24) is 9.21 Å². The number of rotatable bonds is 4. The van der Waals surface area contributed by atoms with Gasteiger partial charge in [-0.15, -0.1) is 0 Å². The number of anilines is 1. The summed E-state index contributed by atoms with van der Waals surface area (Å²) < 4.78 is 92.3. The summed E-state index contributed by atoms with van der Waals surface area (Å²) in [7, 11) is -7.76. The highest BCUT2D eigenvalue weighted by Crippen LogP contribution is 2.26. The van der Waals surface area contributed by atoms with E-state index in [4.69, 9.17) is 0 Å². The van der Waals surface area contributed by atoms with E-state index in [2.05, 4.69) is 0 Å². The second-order valence-corrected chi connectivity index (χ2v) is 11.6. The van der Waals surface area contributed by atoms with Crippen LogP contribution in [0.3, 0.4) is 0 Å². The normalized spacial score (nSPS) is 19.1. The molecular formula is C20H20F3N3O5S2. The van der Waals surface area contributed by atoms with E-state index < -0.39 is 42.4 Å². The van der Waals surface area contributed by atoms with Gasteiger partial charge >= 0.3 is 0 Å². The standard InChI is InChI=1S/C20H20F3N3O5S2/c21-16-6-7-17(19(23)18(16)22)33(30,31)25-11-9-24(10-12-25)20(27)14-2-4-15(5-3-14)26-8-1-13-32(26,28)29/h2-7H,1,8-13H2. The van der Waals surface area contributed by atoms with Gasteiger partial charge in [0.2, 0.25) is 20.0 Å². The SMILES string of the molecule is O=C(c1ccc(N2CCCS2(=O)=O)cc1)N1CCN(S(=O)(=O)c2ccc(F)c(F)c2F)CC1. The van der Waals surface area contributed by atoms with Crippen LogP contribution < -0.4 is 4.31 Å². The molecule has 2 aliphatic heterocycles. The highest BCUT2D eigenvalue weighted by atomic mass is 32.2. The first-order valence-electron chi connectivity index (χ1n) is 10.1. The first-order valence-corrected chi connectivity index (χ1v) is 13.1. The Morgan fingerprint density at radius 3 is 2.06 bits per heavy atom. The van der Waals surface area contributed by atoms with E-state index in [0.29, 0.717) is 36.3 Å². The number of amides is 1. The number of carbonyl (C=O) groups is 1. The summed E-state index contributed by atoms with van der Waals surface area (Å²) in [6.45, 7) is 0.0784. The number of sulfonamides is 2. The maximum Gasteiger partial charge on any atom is 0.253 e. The van der Waals surface area contributed by atoms with E-state index in [1.54, 1.807) is 12.1 Å². The summed E-state index contributed by atoms with van der Waals surface area (Å²) in [5, 5.41) is 0. The lowest BCUT2D eigenvalue weighted by Gasteiger charge is -2.34. The van der Waals surface area contributed by atoms with Crippen molar-refractivity contribution in [2.45, 2.75) is 11.3 Å². The summed E-state index contributed by atoms with van der Waals surface area (Å²) in [5.74, 6) is -5.43. The Hall–Kier alpha value is -2.64. The zero-order chi connectivity index (χ0) is 24.0. The highest BCUT2D eigenvalue weighted by molar-refractivity contribution is 7.93. The summed E-state index contributed by atoms with van der Waals surface area (Å²) >= 11 is 0. The molecule has 0 saturated carbocycles. The molecule has 0 radical (unpaired) electrons. The minimum atomic E-state index is -4.42. The van der Waals surface area contributed by atoms with Crippen molar-refractivity contribution in [3.8, 4) is 0 Å². The zero-order valence-electron chi connectivity index (χ0n) is 17.2. The Kier molecular flexibility index (Phi) is 6.14. The van der Waals surface area contributed by atoms with Crippen LogP contribution in [-0.2, 0) is 20.0 Å². The monoisotopic (exact) mass is 503 g/mol. The zero-order valence-corrected chi connectivity index (χ0v) is 18.9. The molecule has 2 aliphatic rings. The molecule has 2 aromatic carbocycles. The summed E-state index contributed by atoms with van der Waals surface area (Å²) in [5.41, 5.74) is 0.770. The van der Waals surface area contributed by atoms with Gasteiger partial charge in [-0.25, -0.2) is 30.0 Å². The number of hydrogen-bond acceptors (Lipinski definition) is 5. The average Bonchev–Trinajstić information content (AvgIpc) is 3.16. The summed E-state index contributed by atoms with van der Waals surface area (Å²) in [6.07, 6.45) is 0.532. The van der Waals surface area contributed by atoms with Crippen LogP contribution in [0.15, 0.2) is 41.3 Å². The quantitative estimate of drug-likeness (QED) is 0.593. The van der Waals surface area contributed by atoms with Crippen molar-refractivity contribution < 1.29 is 34.8 Å². The van der Waals surface area contributed by atoms with Crippen molar-refractivity contribution in [2.75, 3.05) is 42.8 Å². The first-order chi connectivity index (χ1) is 15.5. The second-order valence-electron chi connectivity index (χ2n) is 7.66. The minimum absolute atomic E-state index is 0.00557. The van der Waals surface area contributed by atoms with Crippen molar-refractivity contribution in [3.63, 3.8) is 0 Å². The lowest BCUT2D eigenvalue weighted by Crippen LogP contribution is -2.50. The van der Waals surface area contributed by atoms with E-state index in [9.17, 15) is 34.8 Å². The van der Waals surface area contributed by atoms with Gasteiger partial charge < -0.3 is 4.90 Å². The number of hydrogen-bond donors (Lipinski definition) is 0. The van der Waals surface area contributed by atoms with E-state index in [-0.39, 0.29) is 37.8 Å². The highest BCUT2D eigenvalue weighted by Gasteiger charge is 2.34. The van der Waals surface area contributed by atoms with E-state index in [1.807, 2.05) is 0 Å². The molecule has 178 valence electrons. The third kappa shape index (κ3) is 4.32. The van der Waals surface area contributed by atoms with Crippen LogP contribution in [0.4, 0.5) is 18.9 Å². The molecule has 0 N–H and O–H groups in total. The largest absolute Gasteiger partial charge is 0.336 e. The molecule has 0 atom stereocenters. The first kappa shape index (κ1) is 23.5. The Balaban J connectivity index is 1.44. The molecule has 2 aromatic rings. The van der Waals surface area contributed by atoms with Gasteiger partial charge in [-0.05, 0) is 42.8 Å². The van der Waals surface area contributed by atoms with Crippen LogP contribution in [0.5, 0.6) is 0 Å². The molecule has 2 fully saturated rings. The van der Waals surface area contributed by atoms with Gasteiger partial charge in [0.15, 0.2) is 17.5 Å². The molecule has 0 bridgehead atoms. The number of nitrogens with zero attached hydrogens (tertiary/aromatic N) is 3. The fraction of sp³-hybridized carbons (Fsp3) is 0.350. The fourth-order valence-corrected chi connectivity index (χ4v) is 6.90. The molecule has 2 saturated heterocycles. The fourth-order valence-electron chi connectivity index (χ4n) is 3.86. The molecular weight excluding hydrogens is 483 g/mol. The van der Waals surface area contributed by atoms with Gasteiger partial charge in [0.1, 0.15) is 4.90 Å². The average molecular weight is 504 g/mol. The van der Waals surface area contributed by atoms with E-state index in [0.717, 1.165) is 4.31 Å². The Morgan fingerprint density at radius 2 is 1.48 bits per heavy atom.